The molecule has 2 rings (SSSR count). The molecule has 4 heteroatoms. The highest BCUT2D eigenvalue weighted by Gasteiger charge is 2.02. The lowest BCUT2D eigenvalue weighted by Gasteiger charge is -2.08. The van der Waals surface area contributed by atoms with Crippen molar-refractivity contribution in [1.82, 2.24) is 9.97 Å². The fourth-order valence-electron chi connectivity index (χ4n) is 1.54. The number of rotatable bonds is 4. The van der Waals surface area contributed by atoms with E-state index in [1.165, 1.54) is 11.1 Å². The molecule has 88 valence electrons. The molecule has 0 saturated heterocycles. The Morgan fingerprint density at radius 3 is 2.71 bits per heavy atom. The second-order valence-corrected chi connectivity index (χ2v) is 4.62. The van der Waals surface area contributed by atoms with Gasteiger partial charge in [-0.1, -0.05) is 0 Å². The quantitative estimate of drug-likeness (QED) is 0.940. The first-order chi connectivity index (χ1) is 8.27. The number of nitrogens with one attached hydrogen (secondary N) is 1. The molecule has 0 atom stereocenters. The van der Waals surface area contributed by atoms with E-state index in [-0.39, 0.29) is 0 Å². The van der Waals surface area contributed by atoms with Gasteiger partial charge >= 0.3 is 0 Å². The van der Waals surface area contributed by atoms with Crippen molar-refractivity contribution >= 4 is 21.7 Å². The minimum Gasteiger partial charge on any atom is -0.369 e. The van der Waals surface area contributed by atoms with Crippen LogP contribution in [0.3, 0.4) is 0 Å². The van der Waals surface area contributed by atoms with Crippen molar-refractivity contribution in [3.05, 3.63) is 52.4 Å². The second kappa shape index (κ2) is 5.77. The zero-order valence-corrected chi connectivity index (χ0v) is 11.2. The summed E-state index contributed by atoms with van der Waals surface area (Å²) in [4.78, 5) is 8.30. The highest BCUT2D eigenvalue weighted by Crippen LogP contribution is 2.22. The molecule has 17 heavy (non-hydrogen) atoms. The minimum absolute atomic E-state index is 0.860. The molecule has 0 aliphatic heterocycles. The average Bonchev–Trinajstić information content (AvgIpc) is 2.36. The maximum absolute atomic E-state index is 4.30. The summed E-state index contributed by atoms with van der Waals surface area (Å²) in [5.74, 6) is 0.902. The highest BCUT2D eigenvalue weighted by molar-refractivity contribution is 9.10. The lowest BCUT2D eigenvalue weighted by atomic mass is 10.2. The van der Waals surface area contributed by atoms with Crippen molar-refractivity contribution in [2.24, 2.45) is 0 Å². The monoisotopic (exact) mass is 291 g/mol. The van der Waals surface area contributed by atoms with Gasteiger partial charge in [-0.3, -0.25) is 4.98 Å². The van der Waals surface area contributed by atoms with Gasteiger partial charge < -0.3 is 5.32 Å². The van der Waals surface area contributed by atoms with Crippen LogP contribution in [0.15, 0.2) is 41.3 Å². The Morgan fingerprint density at radius 1 is 1.18 bits per heavy atom. The second-order valence-electron chi connectivity index (χ2n) is 3.82. The van der Waals surface area contributed by atoms with E-state index in [0.29, 0.717) is 0 Å². The summed E-state index contributed by atoms with van der Waals surface area (Å²) in [7, 11) is 0. The van der Waals surface area contributed by atoms with E-state index in [9.17, 15) is 0 Å². The smallest absolute Gasteiger partial charge is 0.140 e. The molecule has 0 aliphatic carbocycles. The van der Waals surface area contributed by atoms with Crippen LogP contribution >= 0.6 is 15.9 Å². The van der Waals surface area contributed by atoms with E-state index < -0.39 is 0 Å². The van der Waals surface area contributed by atoms with Crippen LogP contribution in [0, 0.1) is 6.92 Å². The summed E-state index contributed by atoms with van der Waals surface area (Å²) < 4.78 is 1.04. The summed E-state index contributed by atoms with van der Waals surface area (Å²) in [5.41, 5.74) is 2.46. The Labute approximate surface area is 109 Å². The van der Waals surface area contributed by atoms with Crippen molar-refractivity contribution in [2.45, 2.75) is 13.3 Å². The van der Waals surface area contributed by atoms with E-state index in [1.807, 2.05) is 36.8 Å². The predicted molar refractivity (Wildman–Crippen MR) is 73.1 cm³/mol. The zero-order valence-electron chi connectivity index (χ0n) is 9.65. The summed E-state index contributed by atoms with van der Waals surface area (Å²) in [6.45, 7) is 2.92. The van der Waals surface area contributed by atoms with Crippen molar-refractivity contribution in [1.29, 1.82) is 0 Å². The standard InChI is InChI=1S/C13H14BrN3/c1-10-2-8-16-13(12(10)14)17-9-5-11-3-6-15-7-4-11/h2-4,6-8H,5,9H2,1H3,(H,16,17). The molecule has 1 N–H and O–H groups in total. The molecule has 0 amide bonds. The van der Waals surface area contributed by atoms with Crippen LogP contribution in [0.2, 0.25) is 0 Å². The minimum atomic E-state index is 0.860. The van der Waals surface area contributed by atoms with E-state index >= 15 is 0 Å². The van der Waals surface area contributed by atoms with Crippen LogP contribution in [-0.2, 0) is 6.42 Å². The van der Waals surface area contributed by atoms with Gasteiger partial charge in [0.15, 0.2) is 0 Å². The Morgan fingerprint density at radius 2 is 1.94 bits per heavy atom. The lowest BCUT2D eigenvalue weighted by Crippen LogP contribution is -2.07. The molecule has 0 unspecified atom stereocenters. The number of hydrogen-bond donors (Lipinski definition) is 1. The normalized spacial score (nSPS) is 10.2. The Balaban J connectivity index is 1.93. The van der Waals surface area contributed by atoms with Gasteiger partial charge in [-0.05, 0) is 58.6 Å². The Kier molecular flexibility index (Phi) is 4.09. The first-order valence-corrected chi connectivity index (χ1v) is 6.30. The van der Waals surface area contributed by atoms with Gasteiger partial charge in [-0.25, -0.2) is 4.98 Å². The van der Waals surface area contributed by atoms with Gasteiger partial charge in [0.05, 0.1) is 4.47 Å². The third-order valence-corrected chi connectivity index (χ3v) is 3.54. The molecular weight excluding hydrogens is 278 g/mol. The number of aryl methyl sites for hydroxylation is 1. The predicted octanol–water partition coefficient (Wildman–Crippen LogP) is 3.20. The molecule has 0 aliphatic rings. The van der Waals surface area contributed by atoms with Crippen molar-refractivity contribution < 1.29 is 0 Å². The van der Waals surface area contributed by atoms with E-state index in [2.05, 4.69) is 38.1 Å². The summed E-state index contributed by atoms with van der Waals surface area (Å²) in [6, 6.07) is 6.04. The number of anilines is 1. The van der Waals surface area contributed by atoms with Crippen LogP contribution in [0.1, 0.15) is 11.1 Å². The number of hydrogen-bond acceptors (Lipinski definition) is 3. The van der Waals surface area contributed by atoms with Gasteiger partial charge in [-0.15, -0.1) is 0 Å². The van der Waals surface area contributed by atoms with Crippen molar-refractivity contribution in [2.75, 3.05) is 11.9 Å². The van der Waals surface area contributed by atoms with Gasteiger partial charge in [-0.2, -0.15) is 0 Å². The SMILES string of the molecule is Cc1ccnc(NCCc2ccncc2)c1Br. The van der Waals surface area contributed by atoms with Crippen LogP contribution in [0.25, 0.3) is 0 Å². The molecule has 3 nitrogen and oxygen atoms in total. The first kappa shape index (κ1) is 12.0. The Hall–Kier alpha value is -1.42. The Bertz CT molecular complexity index is 485. The first-order valence-electron chi connectivity index (χ1n) is 5.51. The van der Waals surface area contributed by atoms with E-state index in [1.54, 1.807) is 0 Å². The van der Waals surface area contributed by atoms with Crippen molar-refractivity contribution in [3.8, 4) is 0 Å². The molecule has 0 spiro atoms. The van der Waals surface area contributed by atoms with Crippen LogP contribution in [-0.4, -0.2) is 16.5 Å². The van der Waals surface area contributed by atoms with Crippen molar-refractivity contribution in [3.63, 3.8) is 0 Å². The van der Waals surface area contributed by atoms with Crippen LogP contribution < -0.4 is 5.32 Å². The van der Waals surface area contributed by atoms with Gasteiger partial charge in [0.25, 0.3) is 0 Å². The van der Waals surface area contributed by atoms with Gasteiger partial charge in [0.1, 0.15) is 5.82 Å². The lowest BCUT2D eigenvalue weighted by molar-refractivity contribution is 0.996. The average molecular weight is 292 g/mol. The zero-order chi connectivity index (χ0) is 12.1. The maximum Gasteiger partial charge on any atom is 0.140 e. The summed E-state index contributed by atoms with van der Waals surface area (Å²) >= 11 is 3.53. The number of halogens is 1. The molecule has 0 saturated carbocycles. The molecular formula is C13H14BrN3. The largest absolute Gasteiger partial charge is 0.369 e. The topological polar surface area (TPSA) is 37.8 Å². The summed E-state index contributed by atoms with van der Waals surface area (Å²) in [5, 5.41) is 3.32. The summed E-state index contributed by atoms with van der Waals surface area (Å²) in [6.07, 6.45) is 6.41. The number of nitrogens with zero attached hydrogens (tertiary/aromatic N) is 2. The molecule has 0 fully saturated rings. The molecule has 0 aromatic carbocycles. The van der Waals surface area contributed by atoms with Gasteiger partial charge in [0.2, 0.25) is 0 Å². The number of pyridine rings is 2. The third kappa shape index (κ3) is 3.27. The highest BCUT2D eigenvalue weighted by atomic mass is 79.9. The fraction of sp³-hybridized carbons (Fsp3) is 0.231. The van der Waals surface area contributed by atoms with E-state index in [4.69, 9.17) is 0 Å². The van der Waals surface area contributed by atoms with Crippen LogP contribution in [0.5, 0.6) is 0 Å². The maximum atomic E-state index is 4.30. The molecule has 2 heterocycles. The third-order valence-electron chi connectivity index (χ3n) is 2.54. The molecule has 0 bridgehead atoms. The van der Waals surface area contributed by atoms with E-state index in [0.717, 1.165) is 23.3 Å². The fourth-order valence-corrected chi connectivity index (χ4v) is 1.91. The van der Waals surface area contributed by atoms with Gasteiger partial charge in [0, 0.05) is 25.1 Å². The molecule has 2 aromatic rings. The molecule has 2 aromatic heterocycles. The van der Waals surface area contributed by atoms with Crippen LogP contribution in [0.4, 0.5) is 5.82 Å². The number of aromatic nitrogens is 2. The molecule has 0 radical (unpaired) electrons.